The van der Waals surface area contributed by atoms with Gasteiger partial charge in [0.1, 0.15) is 6.07 Å². The number of rotatable bonds is 2. The molecule has 0 radical (unpaired) electrons. The third-order valence-electron chi connectivity index (χ3n) is 5.42. The van der Waals surface area contributed by atoms with Crippen molar-refractivity contribution in [1.29, 1.82) is 5.26 Å². The van der Waals surface area contributed by atoms with Crippen molar-refractivity contribution in [3.05, 3.63) is 5.82 Å². The van der Waals surface area contributed by atoms with Crippen molar-refractivity contribution in [3.63, 3.8) is 0 Å². The Morgan fingerprint density at radius 3 is 2.26 bits per heavy atom. The Morgan fingerprint density at radius 1 is 1.11 bits per heavy atom. The summed E-state index contributed by atoms with van der Waals surface area (Å²) in [5, 5.41) is 18.5. The molecule has 4 aliphatic rings. The minimum absolute atomic E-state index is 0.486. The second kappa shape index (κ2) is 4.24. The molecule has 0 amide bonds. The van der Waals surface area contributed by atoms with E-state index in [4.69, 9.17) is 0 Å². The van der Waals surface area contributed by atoms with E-state index in [1.807, 2.05) is 6.26 Å². The molecule has 4 aliphatic carbocycles. The van der Waals surface area contributed by atoms with E-state index in [0.717, 1.165) is 28.8 Å². The summed E-state index contributed by atoms with van der Waals surface area (Å²) >= 11 is 1.61. The van der Waals surface area contributed by atoms with Crippen molar-refractivity contribution < 1.29 is 0 Å². The summed E-state index contributed by atoms with van der Waals surface area (Å²) in [4.78, 5) is 0. The summed E-state index contributed by atoms with van der Waals surface area (Å²) in [6.45, 7) is 0. The molecular weight excluding hydrogens is 256 g/mol. The van der Waals surface area contributed by atoms with Gasteiger partial charge in [-0.3, -0.25) is 4.57 Å². The Labute approximate surface area is 117 Å². The molecule has 0 aromatic carbocycles. The lowest BCUT2D eigenvalue weighted by Crippen LogP contribution is -2.46. The van der Waals surface area contributed by atoms with Crippen LogP contribution in [0.15, 0.2) is 5.16 Å². The van der Waals surface area contributed by atoms with Crippen LogP contribution in [0.4, 0.5) is 0 Å². The summed E-state index contributed by atoms with van der Waals surface area (Å²) < 4.78 is 2.16. The first-order valence-corrected chi connectivity index (χ1v) is 8.41. The highest BCUT2D eigenvalue weighted by Gasteiger charge is 2.49. The van der Waals surface area contributed by atoms with Gasteiger partial charge in [0, 0.05) is 6.04 Å². The predicted octanol–water partition coefficient (Wildman–Crippen LogP) is 2.87. The zero-order chi connectivity index (χ0) is 13.0. The third kappa shape index (κ3) is 1.66. The molecule has 0 N–H and O–H groups in total. The molecule has 1 heterocycles. The van der Waals surface area contributed by atoms with Crippen LogP contribution >= 0.6 is 11.8 Å². The van der Waals surface area contributed by atoms with Crippen LogP contribution in [0.25, 0.3) is 0 Å². The molecule has 0 aliphatic heterocycles. The summed E-state index contributed by atoms with van der Waals surface area (Å²) in [6, 6.07) is 2.72. The van der Waals surface area contributed by atoms with Crippen LogP contribution in [-0.2, 0) is 0 Å². The van der Waals surface area contributed by atoms with Crippen molar-refractivity contribution in [2.24, 2.45) is 23.7 Å². The number of aromatic nitrogens is 3. The lowest BCUT2D eigenvalue weighted by molar-refractivity contribution is -0.0325. The molecule has 0 atom stereocenters. The van der Waals surface area contributed by atoms with Crippen molar-refractivity contribution in [2.75, 3.05) is 6.26 Å². The van der Waals surface area contributed by atoms with Gasteiger partial charge >= 0.3 is 0 Å². The van der Waals surface area contributed by atoms with Crippen LogP contribution in [0.3, 0.4) is 0 Å². The molecule has 0 saturated heterocycles. The van der Waals surface area contributed by atoms with E-state index < -0.39 is 0 Å². The zero-order valence-electron chi connectivity index (χ0n) is 11.1. The second-order valence-corrected chi connectivity index (χ2v) is 7.19. The van der Waals surface area contributed by atoms with Crippen LogP contribution in [0.2, 0.25) is 0 Å². The lowest BCUT2D eigenvalue weighted by atomic mass is 9.54. The monoisotopic (exact) mass is 274 g/mol. The van der Waals surface area contributed by atoms with E-state index in [2.05, 4.69) is 20.8 Å². The third-order valence-corrected chi connectivity index (χ3v) is 6.07. The molecule has 0 unspecified atom stereocenters. The van der Waals surface area contributed by atoms with Crippen LogP contribution in [-0.4, -0.2) is 21.0 Å². The number of hydrogen-bond acceptors (Lipinski definition) is 4. The minimum atomic E-state index is 0.486. The van der Waals surface area contributed by atoms with Gasteiger partial charge in [0.05, 0.1) is 0 Å². The number of thioether (sulfide) groups is 1. The molecule has 1 aromatic heterocycles. The maximum Gasteiger partial charge on any atom is 0.236 e. The molecule has 1 aromatic rings. The zero-order valence-corrected chi connectivity index (χ0v) is 11.9. The second-order valence-electron chi connectivity index (χ2n) is 6.41. The van der Waals surface area contributed by atoms with Gasteiger partial charge in [-0.15, -0.1) is 10.2 Å². The summed E-state index contributed by atoms with van der Waals surface area (Å²) in [6.07, 6.45) is 8.91. The topological polar surface area (TPSA) is 54.5 Å². The molecule has 4 bridgehead atoms. The first-order valence-electron chi connectivity index (χ1n) is 7.19. The Hall–Kier alpha value is -1.02. The van der Waals surface area contributed by atoms with Crippen LogP contribution in [0.5, 0.6) is 0 Å². The quantitative estimate of drug-likeness (QED) is 0.778. The highest BCUT2D eigenvalue weighted by Crippen LogP contribution is 2.58. The van der Waals surface area contributed by atoms with E-state index in [9.17, 15) is 5.26 Å². The predicted molar refractivity (Wildman–Crippen MR) is 72.6 cm³/mol. The molecular formula is C14H18N4S. The average Bonchev–Trinajstić information content (AvgIpc) is 2.80. The first-order chi connectivity index (χ1) is 9.30. The smallest absolute Gasteiger partial charge is 0.236 e. The standard InChI is InChI=1S/C14H18N4S/c1-19-14-17-16-12(7-15)18(14)13-10-3-8-2-9(5-10)6-11(13)4-8/h8-11,13H,2-6H2,1H3. The van der Waals surface area contributed by atoms with Crippen molar-refractivity contribution in [3.8, 4) is 6.07 Å². The van der Waals surface area contributed by atoms with Crippen LogP contribution in [0.1, 0.15) is 44.0 Å². The minimum Gasteiger partial charge on any atom is -0.290 e. The molecule has 5 heteroatoms. The molecule has 4 fully saturated rings. The molecule has 0 spiro atoms. The fourth-order valence-corrected chi connectivity index (χ4v) is 5.61. The Morgan fingerprint density at radius 2 is 1.74 bits per heavy atom. The fraction of sp³-hybridized carbons (Fsp3) is 0.786. The lowest BCUT2D eigenvalue weighted by Gasteiger charge is -2.54. The molecule has 4 nitrogen and oxygen atoms in total. The van der Waals surface area contributed by atoms with Gasteiger partial charge in [-0.2, -0.15) is 5.26 Å². The van der Waals surface area contributed by atoms with Gasteiger partial charge in [-0.1, -0.05) is 11.8 Å². The normalized spacial score (nSPS) is 39.5. The van der Waals surface area contributed by atoms with E-state index in [1.165, 1.54) is 32.1 Å². The summed E-state index contributed by atoms with van der Waals surface area (Å²) in [5.41, 5.74) is 0. The van der Waals surface area contributed by atoms with Gasteiger partial charge in [0.2, 0.25) is 5.82 Å². The maximum absolute atomic E-state index is 9.30. The average molecular weight is 274 g/mol. The highest BCUT2D eigenvalue weighted by molar-refractivity contribution is 7.98. The Kier molecular flexibility index (Phi) is 2.63. The van der Waals surface area contributed by atoms with Gasteiger partial charge in [0.25, 0.3) is 0 Å². The van der Waals surface area contributed by atoms with E-state index >= 15 is 0 Å². The molecule has 19 heavy (non-hydrogen) atoms. The Bertz CT molecular complexity index is 516. The number of hydrogen-bond donors (Lipinski definition) is 0. The number of nitriles is 1. The maximum atomic E-state index is 9.30. The first kappa shape index (κ1) is 11.8. The SMILES string of the molecule is CSc1nnc(C#N)n1C1C2CC3CC(C2)CC1C3. The fourth-order valence-electron chi connectivity index (χ4n) is 5.08. The van der Waals surface area contributed by atoms with Crippen LogP contribution < -0.4 is 0 Å². The van der Waals surface area contributed by atoms with Crippen molar-refractivity contribution in [1.82, 2.24) is 14.8 Å². The van der Waals surface area contributed by atoms with Crippen LogP contribution in [0, 0.1) is 35.0 Å². The van der Waals surface area contributed by atoms with Gasteiger partial charge in [-0.05, 0) is 62.0 Å². The molecule has 5 rings (SSSR count). The van der Waals surface area contributed by atoms with E-state index in [1.54, 1.807) is 11.8 Å². The van der Waals surface area contributed by atoms with Crippen molar-refractivity contribution in [2.45, 2.75) is 43.3 Å². The van der Waals surface area contributed by atoms with E-state index in [0.29, 0.717) is 11.9 Å². The van der Waals surface area contributed by atoms with Gasteiger partial charge < -0.3 is 0 Å². The highest BCUT2D eigenvalue weighted by atomic mass is 32.2. The molecule has 100 valence electrons. The number of nitrogens with zero attached hydrogens (tertiary/aromatic N) is 4. The largest absolute Gasteiger partial charge is 0.290 e. The van der Waals surface area contributed by atoms with Gasteiger partial charge in [0.15, 0.2) is 5.16 Å². The van der Waals surface area contributed by atoms with Crippen molar-refractivity contribution >= 4 is 11.8 Å². The van der Waals surface area contributed by atoms with Gasteiger partial charge in [-0.25, -0.2) is 0 Å². The summed E-state index contributed by atoms with van der Waals surface area (Å²) in [5.74, 6) is 3.94. The Balaban J connectivity index is 1.77. The van der Waals surface area contributed by atoms with E-state index in [-0.39, 0.29) is 0 Å². The molecule has 4 saturated carbocycles. The summed E-state index contributed by atoms with van der Waals surface area (Å²) in [7, 11) is 0.